The fourth-order valence-electron chi connectivity index (χ4n) is 3.97. The van der Waals surface area contributed by atoms with Crippen molar-refractivity contribution in [2.24, 2.45) is 0 Å². The molecule has 35 heavy (non-hydrogen) atoms. The predicted octanol–water partition coefficient (Wildman–Crippen LogP) is 7.14. The lowest BCUT2D eigenvalue weighted by molar-refractivity contribution is 0.146. The summed E-state index contributed by atoms with van der Waals surface area (Å²) < 4.78 is 35.8. The molecule has 0 amide bonds. The highest BCUT2D eigenvalue weighted by molar-refractivity contribution is 9.10. The molecule has 0 aliphatic rings. The molecule has 6 rings (SSSR count). The number of rotatable bonds is 5. The van der Waals surface area contributed by atoms with Crippen molar-refractivity contribution in [2.45, 2.75) is 20.0 Å². The molecule has 2 aromatic carbocycles. The topological polar surface area (TPSA) is 65.2 Å². The van der Waals surface area contributed by atoms with E-state index < -0.39 is 6.43 Å². The Balaban J connectivity index is 1.38. The Labute approximate surface area is 210 Å². The van der Waals surface area contributed by atoms with Gasteiger partial charge in [-0.15, -0.1) is 16.4 Å². The van der Waals surface area contributed by atoms with E-state index in [1.165, 1.54) is 17.4 Å². The van der Waals surface area contributed by atoms with E-state index in [0.29, 0.717) is 34.0 Å². The van der Waals surface area contributed by atoms with Gasteiger partial charge in [-0.25, -0.2) is 28.2 Å². The monoisotopic (exact) mass is 551 g/mol. The summed E-state index contributed by atoms with van der Waals surface area (Å²) in [6, 6.07) is 16.9. The van der Waals surface area contributed by atoms with Gasteiger partial charge >= 0.3 is 0 Å². The van der Waals surface area contributed by atoms with Crippen molar-refractivity contribution in [3.8, 4) is 17.1 Å². The number of fused-ring (bicyclic) bond motifs is 5. The maximum absolute atomic E-state index is 13.3. The van der Waals surface area contributed by atoms with E-state index in [-0.39, 0.29) is 5.69 Å². The van der Waals surface area contributed by atoms with Crippen LogP contribution in [0.4, 0.5) is 8.78 Å². The summed E-state index contributed by atoms with van der Waals surface area (Å²) in [5.41, 5.74) is 3.61. The number of thiophene rings is 1. The van der Waals surface area contributed by atoms with E-state index in [9.17, 15) is 8.78 Å². The Kier molecular flexibility index (Phi) is 5.42. The number of hydrogen-bond acceptors (Lipinski definition) is 6. The van der Waals surface area contributed by atoms with Gasteiger partial charge in [0.2, 0.25) is 0 Å². The Hall–Kier alpha value is -3.50. The third kappa shape index (κ3) is 4.02. The third-order valence-corrected chi connectivity index (χ3v) is 7.21. The predicted molar refractivity (Wildman–Crippen MR) is 135 cm³/mol. The molecule has 0 unspecified atom stereocenters. The van der Waals surface area contributed by atoms with Crippen LogP contribution in [0.2, 0.25) is 0 Å². The average Bonchev–Trinajstić information content (AvgIpc) is 3.45. The van der Waals surface area contributed by atoms with Crippen LogP contribution in [0.1, 0.15) is 23.2 Å². The van der Waals surface area contributed by atoms with Crippen LogP contribution in [0.15, 0.2) is 65.4 Å². The van der Waals surface area contributed by atoms with Gasteiger partial charge in [-0.1, -0.05) is 34.1 Å². The van der Waals surface area contributed by atoms with Crippen LogP contribution in [-0.4, -0.2) is 24.6 Å². The largest absolute Gasteiger partial charge is 0.489 e. The minimum absolute atomic E-state index is 0.234. The summed E-state index contributed by atoms with van der Waals surface area (Å²) in [5.74, 6) is 1.32. The molecule has 4 aromatic heterocycles. The molecule has 6 aromatic rings. The van der Waals surface area contributed by atoms with Crippen LogP contribution >= 0.6 is 27.3 Å². The Morgan fingerprint density at radius 1 is 1.09 bits per heavy atom. The summed E-state index contributed by atoms with van der Waals surface area (Å²) in [4.78, 5) is 14.0. The molecule has 0 radical (unpaired) electrons. The van der Waals surface area contributed by atoms with E-state index in [4.69, 9.17) is 9.72 Å². The standard InChI is InChI=1S/C25H16BrF2N5OS/c1-13-9-18(22(27)28)30-25-19(13)20-21(35-25)24-31-23(32-33(24)12-29-20)15-4-2-3-14(10-15)11-34-17-7-5-16(26)6-8-17/h2-10,12,22H,11H2,1H3. The lowest BCUT2D eigenvalue weighted by atomic mass is 10.1. The number of aromatic nitrogens is 5. The number of halogens is 3. The highest BCUT2D eigenvalue weighted by Gasteiger charge is 2.19. The molecule has 0 N–H and O–H groups in total. The van der Waals surface area contributed by atoms with Crippen LogP contribution in [0.25, 0.3) is 37.5 Å². The summed E-state index contributed by atoms with van der Waals surface area (Å²) in [6.45, 7) is 2.20. The normalized spacial score (nSPS) is 11.8. The molecule has 0 fully saturated rings. The first-order valence-corrected chi connectivity index (χ1v) is 12.3. The highest BCUT2D eigenvalue weighted by Crippen LogP contribution is 2.37. The minimum atomic E-state index is -2.63. The van der Waals surface area contributed by atoms with Gasteiger partial charge in [-0.2, -0.15) is 0 Å². The van der Waals surface area contributed by atoms with E-state index in [0.717, 1.165) is 31.4 Å². The summed E-state index contributed by atoms with van der Waals surface area (Å²) >= 11 is 4.72. The number of pyridine rings is 1. The van der Waals surface area contributed by atoms with Gasteiger partial charge in [0.15, 0.2) is 11.5 Å². The zero-order chi connectivity index (χ0) is 24.1. The lowest BCUT2D eigenvalue weighted by Crippen LogP contribution is -1.96. The van der Waals surface area contributed by atoms with Gasteiger partial charge in [-0.3, -0.25) is 0 Å². The van der Waals surface area contributed by atoms with Crippen molar-refractivity contribution in [1.29, 1.82) is 0 Å². The summed E-state index contributed by atoms with van der Waals surface area (Å²) in [7, 11) is 0. The molecule has 6 nitrogen and oxygen atoms in total. The quantitative estimate of drug-likeness (QED) is 0.228. The van der Waals surface area contributed by atoms with Gasteiger partial charge < -0.3 is 4.74 Å². The fraction of sp³-hybridized carbons (Fsp3) is 0.120. The number of alkyl halides is 2. The second kappa shape index (κ2) is 8.62. The highest BCUT2D eigenvalue weighted by atomic mass is 79.9. The molecule has 0 bridgehead atoms. The SMILES string of the molecule is Cc1cc(C(F)F)nc2sc3c(ncn4nc(-c5cccc(COc6ccc(Br)cc6)c5)nc34)c12. The van der Waals surface area contributed by atoms with E-state index in [2.05, 4.69) is 31.0 Å². The van der Waals surface area contributed by atoms with Crippen LogP contribution in [0.5, 0.6) is 5.75 Å². The molecule has 0 saturated heterocycles. The number of ether oxygens (including phenoxy) is 1. The first-order chi connectivity index (χ1) is 17.0. The van der Waals surface area contributed by atoms with E-state index in [1.54, 1.807) is 17.8 Å². The van der Waals surface area contributed by atoms with Crippen molar-refractivity contribution in [3.05, 3.63) is 82.2 Å². The van der Waals surface area contributed by atoms with Gasteiger partial charge in [0.25, 0.3) is 6.43 Å². The summed E-state index contributed by atoms with van der Waals surface area (Å²) in [5, 5.41) is 5.38. The number of nitrogens with zero attached hydrogens (tertiary/aromatic N) is 5. The third-order valence-electron chi connectivity index (χ3n) is 5.61. The number of benzene rings is 2. The van der Waals surface area contributed by atoms with Gasteiger partial charge in [0.05, 0.1) is 5.52 Å². The number of aryl methyl sites for hydroxylation is 1. The van der Waals surface area contributed by atoms with Crippen molar-refractivity contribution in [1.82, 2.24) is 24.6 Å². The molecular formula is C25H16BrF2N5OS. The van der Waals surface area contributed by atoms with Gasteiger partial charge in [-0.05, 0) is 54.4 Å². The van der Waals surface area contributed by atoms with Gasteiger partial charge in [0, 0.05) is 15.4 Å². The minimum Gasteiger partial charge on any atom is -0.489 e. The van der Waals surface area contributed by atoms with Crippen molar-refractivity contribution < 1.29 is 13.5 Å². The van der Waals surface area contributed by atoms with Crippen molar-refractivity contribution in [3.63, 3.8) is 0 Å². The molecule has 10 heteroatoms. The first-order valence-electron chi connectivity index (χ1n) is 10.7. The molecule has 0 aliphatic heterocycles. The zero-order valence-electron chi connectivity index (χ0n) is 18.2. The Morgan fingerprint density at radius 3 is 2.71 bits per heavy atom. The second-order valence-electron chi connectivity index (χ2n) is 8.02. The maximum atomic E-state index is 13.3. The van der Waals surface area contributed by atoms with Crippen LogP contribution in [0.3, 0.4) is 0 Å². The molecular weight excluding hydrogens is 536 g/mol. The van der Waals surface area contributed by atoms with Gasteiger partial charge in [0.1, 0.15) is 33.9 Å². The molecule has 0 aliphatic carbocycles. The van der Waals surface area contributed by atoms with Crippen molar-refractivity contribution in [2.75, 3.05) is 0 Å². The Morgan fingerprint density at radius 2 is 1.91 bits per heavy atom. The fourth-order valence-corrected chi connectivity index (χ4v) is 5.42. The summed E-state index contributed by atoms with van der Waals surface area (Å²) in [6.07, 6.45) is -1.03. The van der Waals surface area contributed by atoms with Crippen LogP contribution < -0.4 is 4.74 Å². The number of hydrogen-bond donors (Lipinski definition) is 0. The zero-order valence-corrected chi connectivity index (χ0v) is 20.6. The molecule has 174 valence electrons. The molecule has 4 heterocycles. The lowest BCUT2D eigenvalue weighted by Gasteiger charge is -2.07. The van der Waals surface area contributed by atoms with Crippen LogP contribution in [-0.2, 0) is 6.61 Å². The smallest absolute Gasteiger partial charge is 0.280 e. The molecule has 0 saturated carbocycles. The van der Waals surface area contributed by atoms with Crippen molar-refractivity contribution >= 4 is 53.3 Å². The van der Waals surface area contributed by atoms with E-state index >= 15 is 0 Å². The first kappa shape index (κ1) is 22.0. The molecule has 0 atom stereocenters. The maximum Gasteiger partial charge on any atom is 0.280 e. The molecule has 0 spiro atoms. The second-order valence-corrected chi connectivity index (χ2v) is 9.93. The average molecular weight is 552 g/mol. The Bertz CT molecular complexity index is 1720. The van der Waals surface area contributed by atoms with E-state index in [1.807, 2.05) is 48.5 Å². The van der Waals surface area contributed by atoms with Crippen LogP contribution in [0, 0.1) is 6.92 Å².